The fraction of sp³-hybridized carbons (Fsp3) is 0.0217. The molecule has 8 aromatic heterocycles. The minimum absolute atomic E-state index is 0.235. The summed E-state index contributed by atoms with van der Waals surface area (Å²) in [5.74, 6) is 2.96. The molecule has 0 radical (unpaired) electrons. The van der Waals surface area contributed by atoms with E-state index < -0.39 is 0 Å². The van der Waals surface area contributed by atoms with Crippen LogP contribution in [0.5, 0.6) is 0 Å². The minimum atomic E-state index is 0.235. The standard InChI is InChI=1S/C92H56N8S2/c1-6-24-55(25-7-1)73-52-86(95-91(93-73)57-28-10-3-11-29-57)99-76-42-20-17-37-64(76)68-50-84-72(49-79(68)99)89-82(101-84)45-44-78-88(89)66-38-18-21-43-77(66)98(78)61-35-22-32-59(46-61)62-39-23-40-65-69-51-83-71(70-47-67-63-36-16-19-41-75(63)97(60-33-14-5-15-34-60)81(67)54-85(70)102-83)48-80(69)100(90(62)65)87-53-74(56-26-8-2-9-27-56)94-92(96-87)58-30-12-4-13-31-58/h1-33,35-54,60H,34H2. The van der Waals surface area contributed by atoms with Crippen LogP contribution in [-0.2, 0) is 0 Å². The maximum absolute atomic E-state index is 5.64. The fourth-order valence-electron chi connectivity index (χ4n) is 16.6. The van der Waals surface area contributed by atoms with Gasteiger partial charge < -0.3 is 9.13 Å². The molecule has 0 saturated heterocycles. The lowest BCUT2D eigenvalue weighted by atomic mass is 10.0. The van der Waals surface area contributed by atoms with Gasteiger partial charge in [0.15, 0.2) is 11.6 Å². The van der Waals surface area contributed by atoms with Gasteiger partial charge in [0.1, 0.15) is 11.6 Å². The first-order valence-electron chi connectivity index (χ1n) is 34.7. The molecule has 102 heavy (non-hydrogen) atoms. The number of para-hydroxylation sites is 4. The highest BCUT2D eigenvalue weighted by molar-refractivity contribution is 7.26. The Morgan fingerprint density at radius 2 is 0.814 bits per heavy atom. The number of aromatic nitrogens is 8. The van der Waals surface area contributed by atoms with Crippen LogP contribution >= 0.6 is 22.7 Å². The molecule has 1 aliphatic rings. The SMILES string of the molecule is C1=CCC(n2c3ccccc3c3cc4c(cc32)sc2cc3c5cccc(-c6cccc(-n7c8ccccc8c8c9c(ccc87)sc7cc8c%10ccccc%10n(-c%10cc(-c%11ccccc%11)nc(-c%11ccccc%11)n%10)c8cc79)c6)c5n(-c5cc(-c6ccccc6)nc(-c6ccccc6)n5)c3cc24)C=C1. The Balaban J connectivity index is 0.761. The van der Waals surface area contributed by atoms with Crippen molar-refractivity contribution >= 4 is 150 Å². The summed E-state index contributed by atoms with van der Waals surface area (Å²) in [6, 6.07) is 108. The van der Waals surface area contributed by atoms with Crippen molar-refractivity contribution in [3.05, 3.63) is 322 Å². The summed E-state index contributed by atoms with van der Waals surface area (Å²) < 4.78 is 14.8. The second-order valence-electron chi connectivity index (χ2n) is 26.8. The van der Waals surface area contributed by atoms with E-state index in [9.17, 15) is 0 Å². The number of benzene rings is 13. The summed E-state index contributed by atoms with van der Waals surface area (Å²) in [6.07, 6.45) is 9.95. The van der Waals surface area contributed by atoms with Gasteiger partial charge in [-0.05, 0) is 90.8 Å². The van der Waals surface area contributed by atoms with Crippen LogP contribution in [0.1, 0.15) is 12.5 Å². The van der Waals surface area contributed by atoms with Crippen molar-refractivity contribution in [3.63, 3.8) is 0 Å². The van der Waals surface area contributed by atoms with Crippen LogP contribution in [0.3, 0.4) is 0 Å². The van der Waals surface area contributed by atoms with E-state index in [1.807, 2.05) is 28.7 Å². The molecule has 0 N–H and O–H groups in total. The van der Waals surface area contributed by atoms with Crippen molar-refractivity contribution in [1.82, 2.24) is 38.2 Å². The predicted molar refractivity (Wildman–Crippen MR) is 429 cm³/mol. The first kappa shape index (κ1) is 57.1. The maximum atomic E-state index is 5.64. The Bertz CT molecular complexity index is 7040. The molecule has 8 heterocycles. The van der Waals surface area contributed by atoms with E-state index in [0.717, 1.165) is 107 Å². The summed E-state index contributed by atoms with van der Waals surface area (Å²) >= 11 is 3.75. The molecule has 1 unspecified atom stereocenters. The van der Waals surface area contributed by atoms with E-state index in [2.05, 4.69) is 334 Å². The van der Waals surface area contributed by atoms with E-state index >= 15 is 0 Å². The third-order valence-corrected chi connectivity index (χ3v) is 23.3. The van der Waals surface area contributed by atoms with E-state index in [-0.39, 0.29) is 6.04 Å². The minimum Gasteiger partial charge on any atom is -0.333 e. The topological polar surface area (TPSA) is 71.3 Å². The molecule has 0 aliphatic heterocycles. The molecule has 10 heteroatoms. The molecular weight excluding hydrogens is 1280 g/mol. The number of fused-ring (bicyclic) bond motifs is 19. The van der Waals surface area contributed by atoms with Crippen molar-refractivity contribution in [3.8, 4) is 73.7 Å². The van der Waals surface area contributed by atoms with Crippen LogP contribution < -0.4 is 0 Å². The molecule has 8 nitrogen and oxygen atoms in total. The zero-order valence-electron chi connectivity index (χ0n) is 54.8. The van der Waals surface area contributed by atoms with Gasteiger partial charge in [-0.15, -0.1) is 22.7 Å². The van der Waals surface area contributed by atoms with Crippen LogP contribution in [-0.4, -0.2) is 38.2 Å². The number of allylic oxidation sites excluding steroid dienone is 4. The summed E-state index contributed by atoms with van der Waals surface area (Å²) in [4.78, 5) is 21.6. The Morgan fingerprint density at radius 3 is 1.50 bits per heavy atom. The first-order valence-corrected chi connectivity index (χ1v) is 36.3. The normalized spacial score (nSPS) is 13.5. The van der Waals surface area contributed by atoms with Crippen molar-refractivity contribution in [1.29, 1.82) is 0 Å². The van der Waals surface area contributed by atoms with Crippen molar-refractivity contribution in [2.75, 3.05) is 0 Å². The molecular formula is C92H56N8S2. The van der Waals surface area contributed by atoms with Gasteiger partial charge in [-0.25, -0.2) is 19.9 Å². The molecule has 0 spiro atoms. The Kier molecular flexibility index (Phi) is 12.5. The fourth-order valence-corrected chi connectivity index (χ4v) is 18.9. The zero-order valence-corrected chi connectivity index (χ0v) is 56.4. The molecule has 0 amide bonds. The highest BCUT2D eigenvalue weighted by Gasteiger charge is 2.27. The smallest absolute Gasteiger partial charge is 0.162 e. The summed E-state index contributed by atoms with van der Waals surface area (Å²) in [6.45, 7) is 0. The highest BCUT2D eigenvalue weighted by atomic mass is 32.1. The molecule has 13 aromatic carbocycles. The van der Waals surface area contributed by atoms with Crippen LogP contribution in [0.25, 0.3) is 201 Å². The van der Waals surface area contributed by atoms with Gasteiger partial charge in [-0.1, -0.05) is 231 Å². The zero-order chi connectivity index (χ0) is 66.7. The van der Waals surface area contributed by atoms with Gasteiger partial charge in [0, 0.05) is 135 Å². The Hall–Kier alpha value is -12.9. The Labute approximate surface area is 592 Å². The lowest BCUT2D eigenvalue weighted by Gasteiger charge is -2.18. The molecule has 1 aliphatic carbocycles. The summed E-state index contributed by atoms with van der Waals surface area (Å²) in [5.41, 5.74) is 18.1. The molecule has 1 atom stereocenters. The maximum Gasteiger partial charge on any atom is 0.162 e. The van der Waals surface area contributed by atoms with Gasteiger partial charge >= 0.3 is 0 Å². The second-order valence-corrected chi connectivity index (χ2v) is 28.9. The van der Waals surface area contributed by atoms with Gasteiger partial charge in [-0.2, -0.15) is 0 Å². The quantitative estimate of drug-likeness (QED) is 0.144. The van der Waals surface area contributed by atoms with Gasteiger partial charge in [-0.3, -0.25) is 9.13 Å². The van der Waals surface area contributed by atoms with Crippen molar-refractivity contribution < 1.29 is 0 Å². The number of nitrogens with zero attached hydrogens (tertiary/aromatic N) is 8. The third kappa shape index (κ3) is 8.67. The van der Waals surface area contributed by atoms with Gasteiger partial charge in [0.05, 0.1) is 56.0 Å². The van der Waals surface area contributed by atoms with Crippen LogP contribution in [0.2, 0.25) is 0 Å². The van der Waals surface area contributed by atoms with E-state index in [0.29, 0.717) is 11.6 Å². The van der Waals surface area contributed by atoms with Crippen molar-refractivity contribution in [2.24, 2.45) is 0 Å². The Morgan fingerprint density at radius 1 is 0.294 bits per heavy atom. The molecule has 0 fully saturated rings. The number of hydrogen-bond acceptors (Lipinski definition) is 6. The van der Waals surface area contributed by atoms with Crippen molar-refractivity contribution in [2.45, 2.75) is 12.5 Å². The van der Waals surface area contributed by atoms with Crippen LogP contribution in [0.4, 0.5) is 0 Å². The lowest BCUT2D eigenvalue weighted by Crippen LogP contribution is -2.06. The molecule has 21 aromatic rings. The lowest BCUT2D eigenvalue weighted by molar-refractivity contribution is 0.648. The van der Waals surface area contributed by atoms with Gasteiger partial charge in [0.25, 0.3) is 0 Å². The number of thiophene rings is 2. The first-order chi connectivity index (χ1) is 50.6. The molecule has 476 valence electrons. The average Bonchev–Trinajstić information content (AvgIpc) is 1.56. The molecule has 0 saturated carbocycles. The summed E-state index contributed by atoms with van der Waals surface area (Å²) in [5, 5.41) is 14.6. The number of hydrogen-bond donors (Lipinski definition) is 0. The van der Waals surface area contributed by atoms with E-state index in [1.165, 1.54) is 89.1 Å². The van der Waals surface area contributed by atoms with Crippen LogP contribution in [0.15, 0.2) is 322 Å². The number of rotatable bonds is 9. The second kappa shape index (κ2) is 22.3. The van der Waals surface area contributed by atoms with E-state index in [4.69, 9.17) is 19.9 Å². The third-order valence-electron chi connectivity index (χ3n) is 21.1. The van der Waals surface area contributed by atoms with E-state index in [1.54, 1.807) is 0 Å². The summed E-state index contributed by atoms with van der Waals surface area (Å²) in [7, 11) is 0. The van der Waals surface area contributed by atoms with Crippen LogP contribution in [0, 0.1) is 0 Å². The largest absolute Gasteiger partial charge is 0.333 e. The monoisotopic (exact) mass is 1340 g/mol. The molecule has 0 bridgehead atoms. The average molecular weight is 1340 g/mol. The van der Waals surface area contributed by atoms with Gasteiger partial charge in [0.2, 0.25) is 0 Å². The highest BCUT2D eigenvalue weighted by Crippen LogP contribution is 2.50. The predicted octanol–water partition coefficient (Wildman–Crippen LogP) is 24.8. The molecule has 22 rings (SSSR count).